The number of hydrogen-bond donors (Lipinski definition) is 1. The summed E-state index contributed by atoms with van der Waals surface area (Å²) in [5.74, 6) is 0. The third kappa shape index (κ3) is 3.49. The highest BCUT2D eigenvalue weighted by Crippen LogP contribution is 2.21. The molecule has 0 heterocycles. The van der Waals surface area contributed by atoms with Crippen LogP contribution in [0.3, 0.4) is 0 Å². The second kappa shape index (κ2) is 6.09. The average molecular weight is 275 g/mol. The molecule has 2 aromatic rings. The molecule has 2 nitrogen and oxygen atoms in total. The first kappa shape index (κ1) is 13.9. The predicted octanol–water partition coefficient (Wildman–Crippen LogP) is 4.00. The van der Waals surface area contributed by atoms with E-state index in [-0.39, 0.29) is 6.04 Å². The molecule has 100 valence electrons. The molecule has 1 atom stereocenters. The van der Waals surface area contributed by atoms with Crippen molar-refractivity contribution in [1.29, 1.82) is 0 Å². The number of hydrogen-bond acceptors (Lipinski definition) is 2. The van der Waals surface area contributed by atoms with Crippen molar-refractivity contribution in [1.82, 2.24) is 0 Å². The highest BCUT2D eigenvalue weighted by atomic mass is 35.5. The molecule has 0 radical (unpaired) electrons. The van der Waals surface area contributed by atoms with Crippen LogP contribution in [0.4, 0.5) is 5.69 Å². The van der Waals surface area contributed by atoms with E-state index in [2.05, 4.69) is 42.3 Å². The van der Waals surface area contributed by atoms with Gasteiger partial charge in [0.2, 0.25) is 0 Å². The number of benzene rings is 2. The van der Waals surface area contributed by atoms with Gasteiger partial charge >= 0.3 is 0 Å². The molecule has 2 rings (SSSR count). The van der Waals surface area contributed by atoms with E-state index < -0.39 is 0 Å². The Balaban J connectivity index is 2.12. The molecule has 0 aliphatic carbocycles. The van der Waals surface area contributed by atoms with Crippen LogP contribution in [0.15, 0.2) is 48.5 Å². The van der Waals surface area contributed by atoms with Gasteiger partial charge in [0, 0.05) is 30.3 Å². The van der Waals surface area contributed by atoms with E-state index in [1.807, 2.05) is 25.1 Å². The summed E-state index contributed by atoms with van der Waals surface area (Å²) in [4.78, 5) is 2.17. The van der Waals surface area contributed by atoms with Gasteiger partial charge in [0.25, 0.3) is 0 Å². The number of nitrogens with zero attached hydrogens (tertiary/aromatic N) is 1. The van der Waals surface area contributed by atoms with Gasteiger partial charge in [0.05, 0.1) is 0 Å². The van der Waals surface area contributed by atoms with Gasteiger partial charge in [0.15, 0.2) is 0 Å². The zero-order valence-electron chi connectivity index (χ0n) is 11.3. The zero-order chi connectivity index (χ0) is 13.8. The third-order valence-electron chi connectivity index (χ3n) is 3.22. The number of halogens is 1. The van der Waals surface area contributed by atoms with Crippen LogP contribution in [0.25, 0.3) is 0 Å². The zero-order valence-corrected chi connectivity index (χ0v) is 12.1. The molecule has 0 fully saturated rings. The van der Waals surface area contributed by atoms with E-state index >= 15 is 0 Å². The van der Waals surface area contributed by atoms with Crippen LogP contribution in [-0.4, -0.2) is 7.05 Å². The molecule has 0 aliphatic rings. The molecule has 2 N–H and O–H groups in total. The van der Waals surface area contributed by atoms with Gasteiger partial charge < -0.3 is 10.6 Å². The SMILES string of the molecule is C[C@H](N)c1ccc(N(C)Cc2ccccc2Cl)cc1. The fourth-order valence-electron chi connectivity index (χ4n) is 2.01. The molecule has 0 bridgehead atoms. The lowest BCUT2D eigenvalue weighted by molar-refractivity contribution is 0.817. The molecule has 0 aromatic heterocycles. The van der Waals surface area contributed by atoms with Gasteiger partial charge in [-0.3, -0.25) is 0 Å². The van der Waals surface area contributed by atoms with E-state index in [1.165, 1.54) is 0 Å². The van der Waals surface area contributed by atoms with Crippen LogP contribution in [0.5, 0.6) is 0 Å². The van der Waals surface area contributed by atoms with Gasteiger partial charge in [-0.15, -0.1) is 0 Å². The van der Waals surface area contributed by atoms with Crippen LogP contribution < -0.4 is 10.6 Å². The normalized spacial score (nSPS) is 12.2. The summed E-state index contributed by atoms with van der Waals surface area (Å²) in [6, 6.07) is 16.3. The van der Waals surface area contributed by atoms with E-state index in [0.29, 0.717) is 0 Å². The fourth-order valence-corrected chi connectivity index (χ4v) is 2.20. The molecule has 3 heteroatoms. The minimum absolute atomic E-state index is 0.0722. The van der Waals surface area contributed by atoms with Crippen LogP contribution in [-0.2, 0) is 6.54 Å². The van der Waals surface area contributed by atoms with Crippen LogP contribution >= 0.6 is 11.6 Å². The van der Waals surface area contributed by atoms with Gasteiger partial charge in [-0.1, -0.05) is 41.9 Å². The Labute approximate surface area is 119 Å². The van der Waals surface area contributed by atoms with Crippen molar-refractivity contribution < 1.29 is 0 Å². The summed E-state index contributed by atoms with van der Waals surface area (Å²) in [6.45, 7) is 2.78. The minimum atomic E-state index is 0.0722. The first-order valence-electron chi connectivity index (χ1n) is 6.38. The summed E-state index contributed by atoms with van der Waals surface area (Å²) < 4.78 is 0. The number of nitrogens with two attached hydrogens (primary N) is 1. The Kier molecular flexibility index (Phi) is 4.46. The van der Waals surface area contributed by atoms with E-state index in [9.17, 15) is 0 Å². The largest absolute Gasteiger partial charge is 0.370 e. The van der Waals surface area contributed by atoms with Crippen molar-refractivity contribution in [3.05, 3.63) is 64.7 Å². The molecule has 0 spiro atoms. The summed E-state index contributed by atoms with van der Waals surface area (Å²) in [5, 5.41) is 0.807. The van der Waals surface area contributed by atoms with Crippen LogP contribution in [0.1, 0.15) is 24.1 Å². The van der Waals surface area contributed by atoms with Crippen LogP contribution in [0, 0.1) is 0 Å². The summed E-state index contributed by atoms with van der Waals surface area (Å²) in [6.07, 6.45) is 0. The second-order valence-electron chi connectivity index (χ2n) is 4.83. The Bertz CT molecular complexity index is 535. The first-order chi connectivity index (χ1) is 9.08. The lowest BCUT2D eigenvalue weighted by atomic mass is 10.1. The van der Waals surface area contributed by atoms with E-state index in [1.54, 1.807) is 0 Å². The highest BCUT2D eigenvalue weighted by Gasteiger charge is 2.06. The van der Waals surface area contributed by atoms with Crippen molar-refractivity contribution in [3.63, 3.8) is 0 Å². The van der Waals surface area contributed by atoms with Gasteiger partial charge in [-0.05, 0) is 36.2 Å². The Morgan fingerprint density at radius 3 is 2.32 bits per heavy atom. The summed E-state index contributed by atoms with van der Waals surface area (Å²) >= 11 is 6.18. The van der Waals surface area contributed by atoms with Gasteiger partial charge in [-0.2, -0.15) is 0 Å². The van der Waals surface area contributed by atoms with Crippen molar-refractivity contribution in [2.45, 2.75) is 19.5 Å². The number of anilines is 1. The van der Waals surface area contributed by atoms with E-state index in [0.717, 1.165) is 28.4 Å². The lowest BCUT2D eigenvalue weighted by Crippen LogP contribution is -2.16. The van der Waals surface area contributed by atoms with E-state index in [4.69, 9.17) is 17.3 Å². The number of rotatable bonds is 4. The predicted molar refractivity (Wildman–Crippen MR) is 82.6 cm³/mol. The Morgan fingerprint density at radius 1 is 1.11 bits per heavy atom. The molecule has 0 aliphatic heterocycles. The summed E-state index contributed by atoms with van der Waals surface area (Å²) in [7, 11) is 2.06. The molecular formula is C16H19ClN2. The van der Waals surface area contributed by atoms with Crippen molar-refractivity contribution in [2.75, 3.05) is 11.9 Å². The molecule has 0 saturated carbocycles. The molecular weight excluding hydrogens is 256 g/mol. The Morgan fingerprint density at radius 2 is 1.74 bits per heavy atom. The molecule has 2 aromatic carbocycles. The monoisotopic (exact) mass is 274 g/mol. The topological polar surface area (TPSA) is 29.3 Å². The molecule has 0 saturated heterocycles. The third-order valence-corrected chi connectivity index (χ3v) is 3.59. The second-order valence-corrected chi connectivity index (χ2v) is 5.23. The molecule has 0 unspecified atom stereocenters. The quantitative estimate of drug-likeness (QED) is 0.913. The standard InChI is InChI=1S/C16H19ClN2/c1-12(18)13-7-9-15(10-8-13)19(2)11-14-5-3-4-6-16(14)17/h3-10,12H,11,18H2,1-2H3/t12-/m0/s1. The molecule has 0 amide bonds. The Hall–Kier alpha value is -1.51. The maximum atomic E-state index is 6.18. The maximum Gasteiger partial charge on any atom is 0.0455 e. The first-order valence-corrected chi connectivity index (χ1v) is 6.76. The van der Waals surface area contributed by atoms with Gasteiger partial charge in [0.1, 0.15) is 0 Å². The molecule has 19 heavy (non-hydrogen) atoms. The van der Waals surface area contributed by atoms with Crippen molar-refractivity contribution in [3.8, 4) is 0 Å². The van der Waals surface area contributed by atoms with Crippen LogP contribution in [0.2, 0.25) is 5.02 Å². The lowest BCUT2D eigenvalue weighted by Gasteiger charge is -2.20. The highest BCUT2D eigenvalue weighted by molar-refractivity contribution is 6.31. The van der Waals surface area contributed by atoms with Crippen molar-refractivity contribution >= 4 is 17.3 Å². The van der Waals surface area contributed by atoms with Crippen molar-refractivity contribution in [2.24, 2.45) is 5.73 Å². The summed E-state index contributed by atoms with van der Waals surface area (Å²) in [5.41, 5.74) is 9.28. The minimum Gasteiger partial charge on any atom is -0.370 e. The maximum absolute atomic E-state index is 6.18. The fraction of sp³-hybridized carbons (Fsp3) is 0.250. The average Bonchev–Trinajstić information content (AvgIpc) is 2.41. The van der Waals surface area contributed by atoms with Gasteiger partial charge in [-0.25, -0.2) is 0 Å². The smallest absolute Gasteiger partial charge is 0.0455 e.